The third-order valence-electron chi connectivity index (χ3n) is 7.35. The highest BCUT2D eigenvalue weighted by molar-refractivity contribution is 6.74. The number of hydrogen-bond donors (Lipinski definition) is 2. The standard InChI is InChI=1S/C28H45N5O4Si/c1-19-11-10-12-21(32-26(35)37-27(2,3)4)22-17-20(13-14-29-22)24-23(31-25(19)34)18-30-33(24)15-16-36-38(8,9)28(5,6)7/h13-14,17-19,21H,10-12,15-16H2,1-9H3,(H,31,34)(H,32,35)/t19-,21+/m1/s1. The lowest BCUT2D eigenvalue weighted by atomic mass is 9.97. The first kappa shape index (κ1) is 29.8. The number of carbonyl (C=O) groups is 2. The van der Waals surface area contributed by atoms with Crippen LogP contribution in [0.5, 0.6) is 0 Å². The summed E-state index contributed by atoms with van der Waals surface area (Å²) in [6.45, 7) is 19.6. The smallest absolute Gasteiger partial charge is 0.408 e. The van der Waals surface area contributed by atoms with E-state index in [0.717, 1.165) is 23.4 Å². The summed E-state index contributed by atoms with van der Waals surface area (Å²) < 4.78 is 13.8. The molecular formula is C28H45N5O4Si. The molecule has 2 N–H and O–H groups in total. The molecule has 0 fully saturated rings. The number of pyridine rings is 1. The Morgan fingerprint density at radius 2 is 1.92 bits per heavy atom. The third-order valence-corrected chi connectivity index (χ3v) is 11.9. The third kappa shape index (κ3) is 7.66. The SMILES string of the molecule is C[C@@H]1CCC[C@H](NC(=O)OC(C)(C)C)c2cc(ccn2)-c2c(cnn2CCO[Si](C)(C)C(C)(C)C)NC1=O. The van der Waals surface area contributed by atoms with Crippen LogP contribution in [0.4, 0.5) is 10.5 Å². The molecule has 0 aliphatic carbocycles. The van der Waals surface area contributed by atoms with Gasteiger partial charge in [0.15, 0.2) is 8.32 Å². The molecule has 1 aliphatic rings. The normalized spacial score (nSPS) is 19.0. The first-order valence-corrected chi connectivity index (χ1v) is 16.4. The second-order valence-electron chi connectivity index (χ2n) is 12.7. The number of nitrogens with one attached hydrogen (secondary N) is 2. The fourth-order valence-electron chi connectivity index (χ4n) is 4.10. The second-order valence-corrected chi connectivity index (χ2v) is 17.5. The fourth-order valence-corrected chi connectivity index (χ4v) is 5.13. The highest BCUT2D eigenvalue weighted by Gasteiger charge is 2.37. The molecular weight excluding hydrogens is 498 g/mol. The molecule has 9 nitrogen and oxygen atoms in total. The van der Waals surface area contributed by atoms with E-state index in [1.165, 1.54) is 0 Å². The monoisotopic (exact) mass is 543 g/mol. The van der Waals surface area contributed by atoms with Crippen molar-refractivity contribution in [3.05, 3.63) is 30.2 Å². The average Bonchev–Trinajstić information content (AvgIpc) is 3.17. The molecule has 2 aromatic rings. The highest BCUT2D eigenvalue weighted by Crippen LogP contribution is 2.37. The maximum atomic E-state index is 13.0. The molecule has 0 radical (unpaired) electrons. The van der Waals surface area contributed by atoms with E-state index in [2.05, 4.69) is 54.6 Å². The maximum absolute atomic E-state index is 13.0. The zero-order valence-corrected chi connectivity index (χ0v) is 25.5. The predicted molar refractivity (Wildman–Crippen MR) is 152 cm³/mol. The summed E-state index contributed by atoms with van der Waals surface area (Å²) >= 11 is 0. The van der Waals surface area contributed by atoms with Crippen molar-refractivity contribution in [2.24, 2.45) is 5.92 Å². The van der Waals surface area contributed by atoms with Crippen molar-refractivity contribution in [3.63, 3.8) is 0 Å². The molecule has 0 unspecified atom stereocenters. The lowest BCUT2D eigenvalue weighted by molar-refractivity contribution is -0.119. The molecule has 0 saturated heterocycles. The first-order valence-electron chi connectivity index (χ1n) is 13.5. The number of alkyl carbamates (subject to hydrolysis) is 1. The Kier molecular flexibility index (Phi) is 9.08. The zero-order valence-electron chi connectivity index (χ0n) is 24.5. The number of nitrogens with zero attached hydrogens (tertiary/aromatic N) is 3. The van der Waals surface area contributed by atoms with E-state index in [9.17, 15) is 9.59 Å². The van der Waals surface area contributed by atoms with Gasteiger partial charge in [-0.3, -0.25) is 14.5 Å². The Balaban J connectivity index is 1.96. The lowest BCUT2D eigenvalue weighted by Crippen LogP contribution is -2.41. The van der Waals surface area contributed by atoms with E-state index in [1.807, 2.05) is 44.5 Å². The molecule has 3 heterocycles. The Hall–Kier alpha value is -2.72. The largest absolute Gasteiger partial charge is 0.444 e. The molecule has 2 aromatic heterocycles. The van der Waals surface area contributed by atoms with Crippen LogP contribution in [0.25, 0.3) is 11.3 Å². The van der Waals surface area contributed by atoms with Crippen LogP contribution < -0.4 is 10.6 Å². The number of fused-ring (bicyclic) bond motifs is 4. The summed E-state index contributed by atoms with van der Waals surface area (Å²) in [5.74, 6) is -0.240. The Morgan fingerprint density at radius 1 is 1.21 bits per heavy atom. The number of amides is 2. The van der Waals surface area contributed by atoms with Crippen LogP contribution in [0.15, 0.2) is 24.5 Å². The van der Waals surface area contributed by atoms with Gasteiger partial charge < -0.3 is 19.8 Å². The lowest BCUT2D eigenvalue weighted by Gasteiger charge is -2.36. The molecule has 2 amide bonds. The van der Waals surface area contributed by atoms with Gasteiger partial charge in [0.25, 0.3) is 0 Å². The minimum absolute atomic E-state index is 0.0465. The Bertz CT molecular complexity index is 1130. The molecule has 2 atom stereocenters. The summed E-state index contributed by atoms with van der Waals surface area (Å²) in [4.78, 5) is 30.3. The summed E-state index contributed by atoms with van der Waals surface area (Å²) in [7, 11) is -1.92. The van der Waals surface area contributed by atoms with Gasteiger partial charge in [-0.15, -0.1) is 0 Å². The fraction of sp³-hybridized carbons (Fsp3) is 0.643. The van der Waals surface area contributed by atoms with Crippen LogP contribution in [0, 0.1) is 5.92 Å². The van der Waals surface area contributed by atoms with Crippen LogP contribution in [-0.2, 0) is 20.5 Å². The topological polar surface area (TPSA) is 107 Å². The number of hydrogen-bond acceptors (Lipinski definition) is 6. The van der Waals surface area contributed by atoms with E-state index in [0.29, 0.717) is 31.7 Å². The van der Waals surface area contributed by atoms with Gasteiger partial charge in [0.1, 0.15) is 5.60 Å². The molecule has 38 heavy (non-hydrogen) atoms. The van der Waals surface area contributed by atoms with Gasteiger partial charge in [0, 0.05) is 17.7 Å². The molecule has 210 valence electrons. The molecule has 2 bridgehead atoms. The number of rotatable bonds is 5. The van der Waals surface area contributed by atoms with Crippen LogP contribution in [0.1, 0.15) is 79.5 Å². The van der Waals surface area contributed by atoms with Gasteiger partial charge in [0.2, 0.25) is 5.91 Å². The molecule has 10 heteroatoms. The molecule has 0 aromatic carbocycles. The number of ether oxygens (including phenoxy) is 1. The molecule has 0 spiro atoms. The highest BCUT2D eigenvalue weighted by atomic mass is 28.4. The number of carbonyl (C=O) groups excluding carboxylic acids is 2. The molecule has 3 rings (SSSR count). The van der Waals surface area contributed by atoms with Crippen molar-refractivity contribution < 1.29 is 18.8 Å². The Morgan fingerprint density at radius 3 is 2.58 bits per heavy atom. The first-order chi connectivity index (χ1) is 17.6. The average molecular weight is 544 g/mol. The second kappa shape index (κ2) is 11.6. The van der Waals surface area contributed by atoms with E-state index in [-0.39, 0.29) is 22.9 Å². The van der Waals surface area contributed by atoms with E-state index in [4.69, 9.17) is 9.16 Å². The minimum Gasteiger partial charge on any atom is -0.444 e. The van der Waals surface area contributed by atoms with Gasteiger partial charge in [-0.2, -0.15) is 5.10 Å². The summed E-state index contributed by atoms with van der Waals surface area (Å²) in [6.07, 6.45) is 5.02. The summed E-state index contributed by atoms with van der Waals surface area (Å²) in [5.41, 5.74) is 2.45. The molecule has 1 aliphatic heterocycles. The van der Waals surface area contributed by atoms with Crippen LogP contribution in [-0.4, -0.2) is 47.3 Å². The van der Waals surface area contributed by atoms with Crippen molar-refractivity contribution in [1.29, 1.82) is 0 Å². The predicted octanol–water partition coefficient (Wildman–Crippen LogP) is 6.29. The minimum atomic E-state index is -1.92. The van der Waals surface area contributed by atoms with Crippen LogP contribution >= 0.6 is 0 Å². The number of anilines is 1. The van der Waals surface area contributed by atoms with E-state index < -0.39 is 20.0 Å². The number of aromatic nitrogens is 3. The van der Waals surface area contributed by atoms with Crippen molar-refractivity contribution in [2.45, 2.75) is 104 Å². The maximum Gasteiger partial charge on any atom is 0.408 e. The van der Waals surface area contributed by atoms with Gasteiger partial charge in [0.05, 0.1) is 42.5 Å². The van der Waals surface area contributed by atoms with Crippen molar-refractivity contribution in [3.8, 4) is 11.3 Å². The van der Waals surface area contributed by atoms with E-state index >= 15 is 0 Å². The van der Waals surface area contributed by atoms with Gasteiger partial charge >= 0.3 is 6.09 Å². The van der Waals surface area contributed by atoms with Gasteiger partial charge in [-0.1, -0.05) is 34.1 Å². The molecule has 0 saturated carbocycles. The van der Waals surface area contributed by atoms with E-state index in [1.54, 1.807) is 12.4 Å². The van der Waals surface area contributed by atoms with Crippen LogP contribution in [0.2, 0.25) is 18.1 Å². The van der Waals surface area contributed by atoms with Crippen molar-refractivity contribution >= 4 is 26.0 Å². The summed E-state index contributed by atoms with van der Waals surface area (Å²) in [6, 6.07) is 3.52. The van der Waals surface area contributed by atoms with Crippen LogP contribution in [0.3, 0.4) is 0 Å². The summed E-state index contributed by atoms with van der Waals surface area (Å²) in [5, 5.41) is 10.8. The zero-order chi connectivity index (χ0) is 28.3. The van der Waals surface area contributed by atoms with Gasteiger partial charge in [-0.25, -0.2) is 4.79 Å². The van der Waals surface area contributed by atoms with Crippen molar-refractivity contribution in [1.82, 2.24) is 20.1 Å². The Labute approximate surface area is 228 Å². The van der Waals surface area contributed by atoms with Gasteiger partial charge in [-0.05, 0) is 63.9 Å². The van der Waals surface area contributed by atoms with Crippen molar-refractivity contribution in [2.75, 3.05) is 11.9 Å². The quantitative estimate of drug-likeness (QED) is 0.429.